The summed E-state index contributed by atoms with van der Waals surface area (Å²) in [4.78, 5) is 28.4. The Morgan fingerprint density at radius 3 is 2.71 bits per heavy atom. The van der Waals surface area contributed by atoms with Gasteiger partial charge in [-0.3, -0.25) is 0 Å². The minimum Gasteiger partial charge on any atom is -0.461 e. The summed E-state index contributed by atoms with van der Waals surface area (Å²) in [6, 6.07) is 0. The molecule has 5 nitrogen and oxygen atoms in total. The third-order valence-corrected chi connectivity index (χ3v) is 1.89. The van der Waals surface area contributed by atoms with E-state index in [2.05, 4.69) is 9.97 Å². The van der Waals surface area contributed by atoms with E-state index in [1.54, 1.807) is 20.8 Å². The van der Waals surface area contributed by atoms with E-state index in [1.807, 2.05) is 0 Å². The molecule has 0 amide bonds. The first-order valence-electron chi connectivity index (χ1n) is 4.31. The zero-order valence-electron chi connectivity index (χ0n) is 8.38. The second kappa shape index (κ2) is 4.04. The number of esters is 1. The van der Waals surface area contributed by atoms with Crippen LogP contribution in [-0.2, 0) is 4.74 Å². The van der Waals surface area contributed by atoms with Crippen LogP contribution in [-0.4, -0.2) is 22.5 Å². The van der Waals surface area contributed by atoms with Gasteiger partial charge in [-0.2, -0.15) is 4.98 Å². The van der Waals surface area contributed by atoms with E-state index in [1.165, 1.54) is 0 Å². The number of aromatic nitrogens is 2. The SMILES string of the molecule is CCOC(=O)c1nc(=O)[nH]c(C)c1C. The molecule has 0 bridgehead atoms. The zero-order chi connectivity index (χ0) is 10.7. The lowest BCUT2D eigenvalue weighted by Crippen LogP contribution is -2.20. The number of hydrogen-bond acceptors (Lipinski definition) is 4. The molecule has 0 aromatic carbocycles. The molecule has 0 saturated carbocycles. The van der Waals surface area contributed by atoms with Crippen molar-refractivity contribution < 1.29 is 9.53 Å². The quantitative estimate of drug-likeness (QED) is 0.701. The molecule has 0 saturated heterocycles. The molecule has 0 radical (unpaired) electrons. The Hall–Kier alpha value is -1.65. The van der Waals surface area contributed by atoms with Crippen molar-refractivity contribution >= 4 is 5.97 Å². The summed E-state index contributed by atoms with van der Waals surface area (Å²) in [6.07, 6.45) is 0. The number of carbonyl (C=O) groups is 1. The molecule has 0 atom stereocenters. The summed E-state index contributed by atoms with van der Waals surface area (Å²) >= 11 is 0. The molecule has 1 rings (SSSR count). The van der Waals surface area contributed by atoms with Gasteiger partial charge in [-0.15, -0.1) is 0 Å². The van der Waals surface area contributed by atoms with E-state index < -0.39 is 11.7 Å². The first-order valence-corrected chi connectivity index (χ1v) is 4.31. The van der Waals surface area contributed by atoms with Crippen LogP contribution in [0.25, 0.3) is 0 Å². The summed E-state index contributed by atoms with van der Waals surface area (Å²) in [7, 11) is 0. The van der Waals surface area contributed by atoms with Crippen LogP contribution in [0.3, 0.4) is 0 Å². The van der Waals surface area contributed by atoms with Gasteiger partial charge in [0.2, 0.25) is 0 Å². The molecule has 1 heterocycles. The molecule has 1 N–H and O–H groups in total. The maximum Gasteiger partial charge on any atom is 0.357 e. The number of ether oxygens (including phenoxy) is 1. The molecule has 1 aromatic rings. The highest BCUT2D eigenvalue weighted by Gasteiger charge is 2.14. The molecule has 0 spiro atoms. The van der Waals surface area contributed by atoms with Crippen molar-refractivity contribution in [3.05, 3.63) is 27.4 Å². The van der Waals surface area contributed by atoms with Crippen LogP contribution in [0.5, 0.6) is 0 Å². The predicted molar refractivity (Wildman–Crippen MR) is 50.3 cm³/mol. The molecule has 0 aliphatic heterocycles. The fourth-order valence-corrected chi connectivity index (χ4v) is 1.04. The van der Waals surface area contributed by atoms with Crippen LogP contribution in [0, 0.1) is 13.8 Å². The molecule has 14 heavy (non-hydrogen) atoms. The highest BCUT2D eigenvalue weighted by Crippen LogP contribution is 2.06. The Balaban J connectivity index is 3.20. The highest BCUT2D eigenvalue weighted by atomic mass is 16.5. The van der Waals surface area contributed by atoms with Gasteiger partial charge >= 0.3 is 11.7 Å². The van der Waals surface area contributed by atoms with Crippen molar-refractivity contribution in [3.63, 3.8) is 0 Å². The van der Waals surface area contributed by atoms with Gasteiger partial charge in [-0.1, -0.05) is 0 Å². The van der Waals surface area contributed by atoms with Gasteiger partial charge in [0.05, 0.1) is 6.61 Å². The molecular formula is C9H12N2O3. The minimum atomic E-state index is -0.556. The predicted octanol–water partition coefficient (Wildman–Crippen LogP) is 0.563. The van der Waals surface area contributed by atoms with Crippen LogP contribution in [0.4, 0.5) is 0 Å². The maximum atomic E-state index is 11.3. The van der Waals surface area contributed by atoms with E-state index in [0.717, 1.165) is 0 Å². The van der Waals surface area contributed by atoms with Gasteiger partial charge in [0.25, 0.3) is 0 Å². The normalized spacial score (nSPS) is 9.93. The van der Waals surface area contributed by atoms with Crippen LogP contribution < -0.4 is 5.69 Å². The van der Waals surface area contributed by atoms with Gasteiger partial charge in [0.1, 0.15) is 0 Å². The number of H-pyrrole nitrogens is 1. The number of rotatable bonds is 2. The van der Waals surface area contributed by atoms with Crippen molar-refractivity contribution in [2.24, 2.45) is 0 Å². The smallest absolute Gasteiger partial charge is 0.357 e. The van der Waals surface area contributed by atoms with E-state index in [4.69, 9.17) is 4.74 Å². The molecular weight excluding hydrogens is 184 g/mol. The van der Waals surface area contributed by atoms with Gasteiger partial charge in [0.15, 0.2) is 5.69 Å². The molecule has 0 fully saturated rings. The topological polar surface area (TPSA) is 72.0 Å². The Morgan fingerprint density at radius 1 is 1.50 bits per heavy atom. The van der Waals surface area contributed by atoms with E-state index in [9.17, 15) is 9.59 Å². The van der Waals surface area contributed by atoms with Gasteiger partial charge in [-0.05, 0) is 20.8 Å². The maximum absolute atomic E-state index is 11.3. The Bertz CT molecular complexity index is 409. The van der Waals surface area contributed by atoms with Crippen LogP contribution in [0.2, 0.25) is 0 Å². The van der Waals surface area contributed by atoms with Crippen molar-refractivity contribution in [2.45, 2.75) is 20.8 Å². The summed E-state index contributed by atoms with van der Waals surface area (Å²) in [5.74, 6) is -0.556. The second-order valence-corrected chi connectivity index (χ2v) is 2.86. The summed E-state index contributed by atoms with van der Waals surface area (Å²) in [6.45, 7) is 5.39. The number of aromatic amines is 1. The molecule has 76 valence electrons. The molecule has 0 unspecified atom stereocenters. The number of hydrogen-bond donors (Lipinski definition) is 1. The first-order chi connectivity index (χ1) is 6.56. The third-order valence-electron chi connectivity index (χ3n) is 1.89. The lowest BCUT2D eigenvalue weighted by Gasteiger charge is -2.05. The van der Waals surface area contributed by atoms with E-state index in [0.29, 0.717) is 11.3 Å². The number of nitrogens with zero attached hydrogens (tertiary/aromatic N) is 1. The van der Waals surface area contributed by atoms with Gasteiger partial charge in [0, 0.05) is 11.3 Å². The molecule has 5 heteroatoms. The monoisotopic (exact) mass is 196 g/mol. The summed E-state index contributed by atoms with van der Waals surface area (Å²) in [5, 5.41) is 0. The van der Waals surface area contributed by atoms with Gasteiger partial charge in [-0.25, -0.2) is 9.59 Å². The Kier molecular flexibility index (Phi) is 3.01. The fraction of sp³-hybridized carbons (Fsp3) is 0.444. The summed E-state index contributed by atoms with van der Waals surface area (Å²) in [5.41, 5.74) is 0.834. The van der Waals surface area contributed by atoms with E-state index >= 15 is 0 Å². The average molecular weight is 196 g/mol. The first kappa shape index (κ1) is 10.4. The van der Waals surface area contributed by atoms with E-state index in [-0.39, 0.29) is 12.3 Å². The zero-order valence-corrected chi connectivity index (χ0v) is 8.38. The van der Waals surface area contributed by atoms with Crippen molar-refractivity contribution in [1.29, 1.82) is 0 Å². The summed E-state index contributed by atoms with van der Waals surface area (Å²) < 4.78 is 4.76. The second-order valence-electron chi connectivity index (χ2n) is 2.86. The number of carbonyl (C=O) groups excluding carboxylic acids is 1. The third kappa shape index (κ3) is 1.99. The molecule has 0 aliphatic rings. The minimum absolute atomic E-state index is 0.0908. The Morgan fingerprint density at radius 2 is 2.14 bits per heavy atom. The van der Waals surface area contributed by atoms with Crippen LogP contribution in [0.15, 0.2) is 4.79 Å². The standard InChI is InChI=1S/C9H12N2O3/c1-4-14-8(12)7-5(2)6(3)10-9(13)11-7/h4H2,1-3H3,(H,10,11,13). The molecule has 0 aliphatic carbocycles. The molecule has 1 aromatic heterocycles. The fourth-order valence-electron chi connectivity index (χ4n) is 1.04. The largest absolute Gasteiger partial charge is 0.461 e. The Labute approximate surface area is 81.1 Å². The average Bonchev–Trinajstić information content (AvgIpc) is 2.11. The number of aryl methyl sites for hydroxylation is 1. The highest BCUT2D eigenvalue weighted by molar-refractivity contribution is 5.88. The van der Waals surface area contributed by atoms with Crippen molar-refractivity contribution in [1.82, 2.24) is 9.97 Å². The van der Waals surface area contributed by atoms with Crippen molar-refractivity contribution in [3.8, 4) is 0 Å². The van der Waals surface area contributed by atoms with Crippen LogP contribution in [0.1, 0.15) is 28.7 Å². The van der Waals surface area contributed by atoms with Crippen molar-refractivity contribution in [2.75, 3.05) is 6.61 Å². The van der Waals surface area contributed by atoms with Gasteiger partial charge < -0.3 is 9.72 Å². The lowest BCUT2D eigenvalue weighted by atomic mass is 10.2. The number of nitrogens with one attached hydrogen (secondary N) is 1. The lowest BCUT2D eigenvalue weighted by molar-refractivity contribution is 0.0517. The van der Waals surface area contributed by atoms with Crippen LogP contribution >= 0.6 is 0 Å².